The number of aryl methyl sites for hydroxylation is 1. The van der Waals surface area contributed by atoms with Gasteiger partial charge < -0.3 is 15.2 Å². The Kier molecular flexibility index (Phi) is 5.94. The maximum absolute atomic E-state index is 11.8. The Hall–Kier alpha value is -1.43. The zero-order chi connectivity index (χ0) is 16.1. The van der Waals surface area contributed by atoms with E-state index in [-0.39, 0.29) is 18.4 Å². The first-order valence-corrected chi connectivity index (χ1v) is 7.97. The minimum absolute atomic E-state index is 0.0114. The fourth-order valence-corrected chi connectivity index (χ4v) is 2.95. The average molecular weight is 306 g/mol. The fraction of sp³-hybridized carbons (Fsp3) is 0.588. The summed E-state index contributed by atoms with van der Waals surface area (Å²) in [5.41, 5.74) is 9.31. The van der Waals surface area contributed by atoms with Crippen LogP contribution in [-0.4, -0.2) is 31.6 Å². The molecule has 0 saturated carbocycles. The molecule has 0 aliphatic carbocycles. The van der Waals surface area contributed by atoms with Crippen molar-refractivity contribution in [1.29, 1.82) is 0 Å². The van der Waals surface area contributed by atoms with Crippen LogP contribution in [0.4, 0.5) is 5.69 Å². The van der Waals surface area contributed by atoms with E-state index in [0.717, 1.165) is 24.1 Å². The Morgan fingerprint density at radius 1 is 1.36 bits per heavy atom. The zero-order valence-corrected chi connectivity index (χ0v) is 13.7. The lowest BCUT2D eigenvalue weighted by atomic mass is 9.96. The van der Waals surface area contributed by atoms with E-state index in [1.165, 1.54) is 5.56 Å². The highest BCUT2D eigenvalue weighted by Gasteiger charge is 2.26. The van der Waals surface area contributed by atoms with Gasteiger partial charge in [-0.05, 0) is 43.9 Å². The smallest absolute Gasteiger partial charge is 0.225 e. The van der Waals surface area contributed by atoms with Crippen molar-refractivity contribution in [3.63, 3.8) is 0 Å². The molecule has 22 heavy (non-hydrogen) atoms. The van der Waals surface area contributed by atoms with Gasteiger partial charge in [-0.2, -0.15) is 0 Å². The molecule has 0 radical (unpaired) electrons. The molecule has 1 aliphatic heterocycles. The van der Waals surface area contributed by atoms with E-state index in [0.29, 0.717) is 19.6 Å². The second kappa shape index (κ2) is 7.72. The number of nitrogens with zero attached hydrogens (tertiary/aromatic N) is 1. The Bertz CT molecular complexity index is 513. The predicted molar refractivity (Wildman–Crippen MR) is 86.6 cm³/mol. The number of carbonyl (C=O) groups is 1. The maximum atomic E-state index is 11.8. The molecule has 122 valence electrons. The van der Waals surface area contributed by atoms with E-state index in [9.17, 15) is 4.79 Å². The summed E-state index contributed by atoms with van der Waals surface area (Å²) in [4.78, 5) is 13.5. The summed E-state index contributed by atoms with van der Waals surface area (Å²) in [6, 6.07) is 6.15. The highest BCUT2D eigenvalue weighted by atomic mass is 16.7. The monoisotopic (exact) mass is 306 g/mol. The van der Waals surface area contributed by atoms with Gasteiger partial charge in [-0.25, -0.2) is 0 Å². The van der Waals surface area contributed by atoms with E-state index in [1.54, 1.807) is 11.8 Å². The first-order valence-electron chi connectivity index (χ1n) is 7.97. The van der Waals surface area contributed by atoms with Gasteiger partial charge in [0, 0.05) is 32.2 Å². The van der Waals surface area contributed by atoms with Crippen LogP contribution < -0.4 is 10.6 Å². The number of anilines is 1. The molecule has 0 bridgehead atoms. The second-order valence-electron chi connectivity index (χ2n) is 5.50. The Morgan fingerprint density at radius 2 is 2.05 bits per heavy atom. The summed E-state index contributed by atoms with van der Waals surface area (Å²) >= 11 is 0. The fourth-order valence-electron chi connectivity index (χ4n) is 2.95. The third-order valence-corrected chi connectivity index (χ3v) is 3.89. The van der Waals surface area contributed by atoms with E-state index in [4.69, 9.17) is 15.2 Å². The molecule has 2 rings (SSSR count). The molecule has 5 nitrogen and oxygen atoms in total. The minimum Gasteiger partial charge on any atom is -0.353 e. The van der Waals surface area contributed by atoms with Crippen molar-refractivity contribution in [2.75, 3.05) is 18.1 Å². The minimum atomic E-state index is -0.226. The molecule has 0 fully saturated rings. The standard InChI is InChI=1S/C17H26N2O3/c1-4-21-17(22-5-2)11-13-6-8-15-14(10-13)7-9-16(18)19(15)12(3)20/h6,8,10,16-17H,4-5,7,9,11,18H2,1-3H3. The van der Waals surface area contributed by atoms with Crippen molar-refractivity contribution in [2.24, 2.45) is 5.73 Å². The van der Waals surface area contributed by atoms with Crippen LogP contribution in [0.2, 0.25) is 0 Å². The number of benzene rings is 1. The molecule has 1 heterocycles. The first-order chi connectivity index (χ1) is 10.6. The maximum Gasteiger partial charge on any atom is 0.225 e. The SMILES string of the molecule is CCOC(Cc1ccc2c(c1)CCC(N)N2C(C)=O)OCC. The van der Waals surface area contributed by atoms with Crippen molar-refractivity contribution < 1.29 is 14.3 Å². The van der Waals surface area contributed by atoms with Crippen LogP contribution in [0.1, 0.15) is 38.3 Å². The number of hydrogen-bond acceptors (Lipinski definition) is 4. The highest BCUT2D eigenvalue weighted by Crippen LogP contribution is 2.30. The molecule has 5 heteroatoms. The summed E-state index contributed by atoms with van der Waals surface area (Å²) < 4.78 is 11.2. The van der Waals surface area contributed by atoms with Crippen LogP contribution in [0.5, 0.6) is 0 Å². The van der Waals surface area contributed by atoms with Crippen molar-refractivity contribution in [2.45, 2.75) is 52.5 Å². The number of hydrogen-bond donors (Lipinski definition) is 1. The number of ether oxygens (including phenoxy) is 2. The summed E-state index contributed by atoms with van der Waals surface area (Å²) in [6.45, 7) is 6.74. The molecule has 2 N–H and O–H groups in total. The number of rotatable bonds is 6. The molecule has 1 aromatic rings. The molecule has 0 spiro atoms. The van der Waals surface area contributed by atoms with E-state index < -0.39 is 0 Å². The number of fused-ring (bicyclic) bond motifs is 1. The Morgan fingerprint density at radius 3 is 2.64 bits per heavy atom. The quantitative estimate of drug-likeness (QED) is 0.818. The molecule has 1 atom stereocenters. The molecular weight excluding hydrogens is 280 g/mol. The number of nitrogens with two attached hydrogens (primary N) is 1. The predicted octanol–water partition coefficient (Wildman–Crippen LogP) is 2.21. The third kappa shape index (κ3) is 3.85. The van der Waals surface area contributed by atoms with Crippen LogP contribution in [0.15, 0.2) is 18.2 Å². The van der Waals surface area contributed by atoms with Gasteiger partial charge in [-0.15, -0.1) is 0 Å². The highest BCUT2D eigenvalue weighted by molar-refractivity contribution is 5.93. The van der Waals surface area contributed by atoms with Gasteiger partial charge in [0.15, 0.2) is 6.29 Å². The van der Waals surface area contributed by atoms with Crippen molar-refractivity contribution in [3.8, 4) is 0 Å². The molecule has 0 aromatic heterocycles. The first kappa shape index (κ1) is 16.9. The molecule has 0 saturated heterocycles. The number of amides is 1. The van der Waals surface area contributed by atoms with Gasteiger partial charge in [0.25, 0.3) is 0 Å². The molecule has 1 aromatic carbocycles. The number of carbonyl (C=O) groups excluding carboxylic acids is 1. The van der Waals surface area contributed by atoms with Crippen molar-refractivity contribution in [3.05, 3.63) is 29.3 Å². The van der Waals surface area contributed by atoms with Crippen molar-refractivity contribution in [1.82, 2.24) is 0 Å². The zero-order valence-electron chi connectivity index (χ0n) is 13.7. The van der Waals surface area contributed by atoms with Crippen LogP contribution >= 0.6 is 0 Å². The van der Waals surface area contributed by atoms with Gasteiger partial charge in [-0.3, -0.25) is 9.69 Å². The van der Waals surface area contributed by atoms with Gasteiger partial charge in [-0.1, -0.05) is 12.1 Å². The topological polar surface area (TPSA) is 64.8 Å². The largest absolute Gasteiger partial charge is 0.353 e. The van der Waals surface area contributed by atoms with Gasteiger partial charge >= 0.3 is 0 Å². The Labute approximate surface area is 132 Å². The molecule has 1 amide bonds. The lowest BCUT2D eigenvalue weighted by Gasteiger charge is -2.34. The third-order valence-electron chi connectivity index (χ3n) is 3.89. The van der Waals surface area contributed by atoms with Gasteiger partial charge in [0.05, 0.1) is 6.17 Å². The lowest BCUT2D eigenvalue weighted by Crippen LogP contribution is -2.48. The second-order valence-corrected chi connectivity index (χ2v) is 5.50. The molecule has 1 aliphatic rings. The van der Waals surface area contributed by atoms with Gasteiger partial charge in [0.1, 0.15) is 0 Å². The van der Waals surface area contributed by atoms with Crippen molar-refractivity contribution >= 4 is 11.6 Å². The van der Waals surface area contributed by atoms with Crippen LogP contribution in [0.3, 0.4) is 0 Å². The van der Waals surface area contributed by atoms with E-state index >= 15 is 0 Å². The average Bonchev–Trinajstić information content (AvgIpc) is 2.47. The van der Waals surface area contributed by atoms with Crippen LogP contribution in [0.25, 0.3) is 0 Å². The summed E-state index contributed by atoms with van der Waals surface area (Å²) in [5.74, 6) is -0.0114. The summed E-state index contributed by atoms with van der Waals surface area (Å²) in [7, 11) is 0. The van der Waals surface area contributed by atoms with E-state index in [2.05, 4.69) is 6.07 Å². The molecular formula is C17H26N2O3. The summed E-state index contributed by atoms with van der Waals surface area (Å²) in [6.07, 6.45) is 1.94. The van der Waals surface area contributed by atoms with Crippen LogP contribution in [-0.2, 0) is 27.1 Å². The van der Waals surface area contributed by atoms with Gasteiger partial charge in [0.2, 0.25) is 5.91 Å². The Balaban J connectivity index is 2.19. The normalized spacial score (nSPS) is 17.7. The summed E-state index contributed by atoms with van der Waals surface area (Å²) in [5, 5.41) is 0. The molecule has 1 unspecified atom stereocenters. The lowest BCUT2D eigenvalue weighted by molar-refractivity contribution is -0.134. The van der Waals surface area contributed by atoms with E-state index in [1.807, 2.05) is 26.0 Å². The van der Waals surface area contributed by atoms with Crippen LogP contribution in [0, 0.1) is 0 Å².